The van der Waals surface area contributed by atoms with Crippen molar-refractivity contribution in [1.29, 1.82) is 0 Å². The van der Waals surface area contributed by atoms with Gasteiger partial charge in [0.1, 0.15) is 5.75 Å². The molecule has 0 aliphatic carbocycles. The molecule has 0 bridgehead atoms. The fraction of sp³-hybridized carbons (Fsp3) is 0.409. The first-order valence-electron chi connectivity index (χ1n) is 9.85. The molecule has 0 aromatic heterocycles. The number of hydrogen-bond acceptors (Lipinski definition) is 4. The molecule has 30 heavy (non-hydrogen) atoms. The number of guanidine groups is 1. The van der Waals surface area contributed by atoms with Crippen molar-refractivity contribution in [2.45, 2.75) is 44.7 Å². The first-order chi connectivity index (χ1) is 13.9. The van der Waals surface area contributed by atoms with Gasteiger partial charge in [0, 0.05) is 18.2 Å². The van der Waals surface area contributed by atoms with Gasteiger partial charge in [-0.05, 0) is 44.0 Å². The highest BCUT2D eigenvalue weighted by atomic mass is 127. The van der Waals surface area contributed by atoms with Crippen LogP contribution in [-0.2, 0) is 16.4 Å². The summed E-state index contributed by atoms with van der Waals surface area (Å²) in [7, 11) is -1.73. The summed E-state index contributed by atoms with van der Waals surface area (Å²) in [5.41, 5.74) is 2.09. The van der Waals surface area contributed by atoms with Gasteiger partial charge in [-0.25, -0.2) is 13.4 Å². The fourth-order valence-corrected chi connectivity index (χ4v) is 4.52. The predicted octanol–water partition coefficient (Wildman–Crippen LogP) is 3.93. The van der Waals surface area contributed by atoms with E-state index in [9.17, 15) is 8.42 Å². The molecule has 0 saturated carbocycles. The Hall–Kier alpha value is -1.81. The molecule has 2 rings (SSSR count). The smallest absolute Gasteiger partial charge is 0.191 e. The zero-order valence-electron chi connectivity index (χ0n) is 18.0. The summed E-state index contributed by atoms with van der Waals surface area (Å²) >= 11 is 0. The number of methoxy groups -OCH3 is 1. The monoisotopic (exact) mass is 545 g/mol. The fourth-order valence-electron chi connectivity index (χ4n) is 2.91. The number of aliphatic imine (C=N–C) groups is 1. The quantitative estimate of drug-likeness (QED) is 0.284. The standard InChI is InChI=1S/C22H31N3O3S.HI/c1-5-19(16-29(26,27)20-10-8-7-9-11-20)25-22(23-6-2)24-15-18-13-12-17(3)14-21(18)28-4;/h7-14,19H,5-6,15-16H2,1-4H3,(H2,23,24,25);1H. The first kappa shape index (κ1) is 26.2. The minimum atomic E-state index is -3.38. The molecule has 0 heterocycles. The van der Waals surface area contributed by atoms with Crippen molar-refractivity contribution >= 4 is 39.8 Å². The lowest BCUT2D eigenvalue weighted by Crippen LogP contribution is -2.46. The molecular formula is C22H32IN3O3S. The molecule has 0 aliphatic heterocycles. The number of sulfone groups is 1. The van der Waals surface area contributed by atoms with E-state index in [0.717, 1.165) is 16.9 Å². The van der Waals surface area contributed by atoms with E-state index < -0.39 is 9.84 Å². The van der Waals surface area contributed by atoms with Crippen LogP contribution in [0.15, 0.2) is 58.4 Å². The molecule has 0 radical (unpaired) electrons. The number of aryl methyl sites for hydroxylation is 1. The van der Waals surface area contributed by atoms with Gasteiger partial charge in [-0.2, -0.15) is 0 Å². The second-order valence-electron chi connectivity index (χ2n) is 6.85. The Bertz CT molecular complexity index is 918. The van der Waals surface area contributed by atoms with E-state index in [4.69, 9.17) is 4.74 Å². The topological polar surface area (TPSA) is 79.8 Å². The number of nitrogens with zero attached hydrogens (tertiary/aromatic N) is 1. The third-order valence-electron chi connectivity index (χ3n) is 4.55. The van der Waals surface area contributed by atoms with Crippen LogP contribution in [0, 0.1) is 6.92 Å². The molecule has 0 saturated heterocycles. The van der Waals surface area contributed by atoms with Crippen LogP contribution in [0.4, 0.5) is 0 Å². The maximum Gasteiger partial charge on any atom is 0.191 e. The van der Waals surface area contributed by atoms with Crippen LogP contribution in [-0.4, -0.2) is 39.8 Å². The number of ether oxygens (including phenoxy) is 1. The molecule has 0 amide bonds. The Balaban J connectivity index is 0.00000450. The van der Waals surface area contributed by atoms with Crippen molar-refractivity contribution in [2.24, 2.45) is 4.99 Å². The second kappa shape index (κ2) is 12.8. The van der Waals surface area contributed by atoms with Crippen molar-refractivity contribution in [3.05, 3.63) is 59.7 Å². The van der Waals surface area contributed by atoms with E-state index in [1.165, 1.54) is 0 Å². The van der Waals surface area contributed by atoms with Crippen LogP contribution in [0.2, 0.25) is 0 Å². The SMILES string of the molecule is CCNC(=NCc1ccc(C)cc1OC)NC(CC)CS(=O)(=O)c1ccccc1.I. The number of rotatable bonds is 9. The molecule has 8 heteroatoms. The summed E-state index contributed by atoms with van der Waals surface area (Å²) in [5, 5.41) is 6.46. The molecule has 0 spiro atoms. The van der Waals surface area contributed by atoms with Crippen molar-refractivity contribution < 1.29 is 13.2 Å². The van der Waals surface area contributed by atoms with Gasteiger partial charge in [-0.1, -0.05) is 37.3 Å². The molecule has 6 nitrogen and oxygen atoms in total. The summed E-state index contributed by atoms with van der Waals surface area (Å²) in [6.45, 7) is 7.07. The Labute approximate surface area is 197 Å². The van der Waals surface area contributed by atoms with E-state index in [2.05, 4.69) is 15.6 Å². The summed E-state index contributed by atoms with van der Waals surface area (Å²) < 4.78 is 30.9. The van der Waals surface area contributed by atoms with Gasteiger partial charge in [0.05, 0.1) is 24.3 Å². The maximum atomic E-state index is 12.7. The van der Waals surface area contributed by atoms with Gasteiger partial charge in [-0.3, -0.25) is 0 Å². The second-order valence-corrected chi connectivity index (χ2v) is 8.89. The minimum absolute atomic E-state index is 0. The third kappa shape index (κ3) is 7.79. The number of halogens is 1. The highest BCUT2D eigenvalue weighted by Crippen LogP contribution is 2.20. The van der Waals surface area contributed by atoms with E-state index >= 15 is 0 Å². The van der Waals surface area contributed by atoms with Crippen LogP contribution in [0.1, 0.15) is 31.4 Å². The lowest BCUT2D eigenvalue weighted by atomic mass is 10.1. The maximum absolute atomic E-state index is 12.7. The molecule has 2 N–H and O–H groups in total. The summed E-state index contributed by atoms with van der Waals surface area (Å²) in [4.78, 5) is 4.97. The van der Waals surface area contributed by atoms with Gasteiger partial charge >= 0.3 is 0 Å². The van der Waals surface area contributed by atoms with Crippen molar-refractivity contribution in [1.82, 2.24) is 10.6 Å². The normalized spacial score (nSPS) is 12.6. The van der Waals surface area contributed by atoms with E-state index in [1.54, 1.807) is 31.4 Å². The average molecular weight is 545 g/mol. The van der Waals surface area contributed by atoms with Crippen molar-refractivity contribution in [3.63, 3.8) is 0 Å². The highest BCUT2D eigenvalue weighted by Gasteiger charge is 2.21. The summed E-state index contributed by atoms with van der Waals surface area (Å²) in [6, 6.07) is 14.3. The predicted molar refractivity (Wildman–Crippen MR) is 134 cm³/mol. The van der Waals surface area contributed by atoms with Crippen LogP contribution in [0.3, 0.4) is 0 Å². The van der Waals surface area contributed by atoms with Gasteiger partial charge in [0.25, 0.3) is 0 Å². The molecule has 2 aromatic rings. The lowest BCUT2D eigenvalue weighted by Gasteiger charge is -2.20. The Morgan fingerprint density at radius 1 is 1.13 bits per heavy atom. The molecule has 0 aliphatic rings. The first-order valence-corrected chi connectivity index (χ1v) is 11.5. The lowest BCUT2D eigenvalue weighted by molar-refractivity contribution is 0.409. The molecule has 166 valence electrons. The van der Waals surface area contributed by atoms with Crippen molar-refractivity contribution in [3.8, 4) is 5.75 Å². The number of nitrogens with one attached hydrogen (secondary N) is 2. The van der Waals surface area contributed by atoms with E-state index in [1.807, 2.05) is 45.0 Å². The van der Waals surface area contributed by atoms with Crippen LogP contribution in [0.25, 0.3) is 0 Å². The minimum Gasteiger partial charge on any atom is -0.496 e. The Morgan fingerprint density at radius 3 is 2.43 bits per heavy atom. The number of hydrogen-bond donors (Lipinski definition) is 2. The zero-order valence-corrected chi connectivity index (χ0v) is 21.2. The zero-order chi connectivity index (χ0) is 21.3. The molecule has 1 unspecified atom stereocenters. The summed E-state index contributed by atoms with van der Waals surface area (Å²) in [6.07, 6.45) is 0.657. The van der Waals surface area contributed by atoms with E-state index in [0.29, 0.717) is 30.4 Å². The average Bonchev–Trinajstić information content (AvgIpc) is 2.72. The van der Waals surface area contributed by atoms with Gasteiger partial charge in [0.15, 0.2) is 15.8 Å². The van der Waals surface area contributed by atoms with Crippen LogP contribution >= 0.6 is 24.0 Å². The Kier molecular flexibility index (Phi) is 11.2. The molecule has 2 aromatic carbocycles. The number of benzene rings is 2. The van der Waals surface area contributed by atoms with Crippen molar-refractivity contribution in [2.75, 3.05) is 19.4 Å². The third-order valence-corrected chi connectivity index (χ3v) is 6.38. The van der Waals surface area contributed by atoms with E-state index in [-0.39, 0.29) is 35.8 Å². The molecule has 1 atom stereocenters. The molecule has 0 fully saturated rings. The Morgan fingerprint density at radius 2 is 1.83 bits per heavy atom. The van der Waals surface area contributed by atoms with Gasteiger partial charge in [0.2, 0.25) is 0 Å². The summed E-state index contributed by atoms with van der Waals surface area (Å²) in [5.74, 6) is 1.39. The van der Waals surface area contributed by atoms with Gasteiger partial charge < -0.3 is 15.4 Å². The largest absolute Gasteiger partial charge is 0.496 e. The van der Waals surface area contributed by atoms with Crippen LogP contribution in [0.5, 0.6) is 5.75 Å². The van der Waals surface area contributed by atoms with Gasteiger partial charge in [-0.15, -0.1) is 24.0 Å². The highest BCUT2D eigenvalue weighted by molar-refractivity contribution is 14.0. The molecular weight excluding hydrogens is 513 g/mol. The van der Waals surface area contributed by atoms with Crippen LogP contribution < -0.4 is 15.4 Å².